The van der Waals surface area contributed by atoms with Crippen molar-refractivity contribution in [2.75, 3.05) is 37.6 Å². The van der Waals surface area contributed by atoms with Crippen molar-refractivity contribution in [1.29, 1.82) is 0 Å². The van der Waals surface area contributed by atoms with Gasteiger partial charge in [-0.2, -0.15) is 10.2 Å². The van der Waals surface area contributed by atoms with E-state index in [0.29, 0.717) is 109 Å². The average Bonchev–Trinajstić information content (AvgIpc) is 3.98. The summed E-state index contributed by atoms with van der Waals surface area (Å²) in [6, 6.07) is 7.80. The second-order valence-electron chi connectivity index (χ2n) is 15.4. The number of aromatic nitrogens is 8. The fourth-order valence-electron chi connectivity index (χ4n) is 8.40. The molecule has 0 saturated heterocycles. The van der Waals surface area contributed by atoms with Crippen molar-refractivity contribution in [3.05, 3.63) is 69.8 Å². The van der Waals surface area contributed by atoms with Crippen molar-refractivity contribution in [3.63, 3.8) is 0 Å². The molecular weight excluding hydrogens is 785 g/mol. The van der Waals surface area contributed by atoms with Crippen LogP contribution >= 0.6 is 0 Å². The van der Waals surface area contributed by atoms with Gasteiger partial charge in [-0.15, -0.1) is 0 Å². The van der Waals surface area contributed by atoms with Crippen LogP contribution in [0.25, 0.3) is 22.1 Å². The topological polar surface area (TPSA) is 243 Å². The number of aryl methyl sites for hydroxylation is 5. The largest absolute Gasteiger partial charge is 0.491 e. The molecule has 19 nitrogen and oxygen atoms in total. The SMILES string of the molecule is CCn1nc(C)c2c1C(=O)Nc1nc3cc(C(N)=O)cc4c3n1[C@@H](CCCn1c(nc3cc(C(N)=O)cc(OCCCOC)c31)NC(=O)c1cc(C)nn1CCCCC2)CO4. The monoisotopic (exact) mass is 834 g/mol. The number of methoxy groups -OCH3 is 1. The molecule has 61 heavy (non-hydrogen) atoms. The predicted molar refractivity (Wildman–Crippen MR) is 225 cm³/mol. The number of fused-ring (bicyclic) bond motifs is 5. The Morgan fingerprint density at radius 2 is 1.61 bits per heavy atom. The fourth-order valence-corrected chi connectivity index (χ4v) is 8.40. The molecule has 0 bridgehead atoms. The van der Waals surface area contributed by atoms with Gasteiger partial charge in [0.25, 0.3) is 11.8 Å². The maximum atomic E-state index is 14.4. The second-order valence-corrected chi connectivity index (χ2v) is 15.4. The van der Waals surface area contributed by atoms with Gasteiger partial charge in [0.15, 0.2) is 0 Å². The van der Waals surface area contributed by atoms with Gasteiger partial charge in [-0.25, -0.2) is 9.97 Å². The molecule has 6 aromatic rings. The number of rotatable bonds is 8. The van der Waals surface area contributed by atoms with E-state index in [-0.39, 0.29) is 42.2 Å². The lowest BCUT2D eigenvalue weighted by molar-refractivity contribution is 0.0991. The van der Waals surface area contributed by atoms with Crippen molar-refractivity contribution in [2.45, 2.75) is 91.4 Å². The van der Waals surface area contributed by atoms with Gasteiger partial charge in [-0.1, -0.05) is 6.42 Å². The first-order valence-electron chi connectivity index (χ1n) is 20.6. The van der Waals surface area contributed by atoms with Gasteiger partial charge in [-0.3, -0.25) is 39.2 Å². The van der Waals surface area contributed by atoms with Crippen molar-refractivity contribution >= 4 is 57.6 Å². The van der Waals surface area contributed by atoms with Crippen LogP contribution in [0, 0.1) is 13.8 Å². The van der Waals surface area contributed by atoms with Crippen LogP contribution in [-0.2, 0) is 30.8 Å². The van der Waals surface area contributed by atoms with Crippen molar-refractivity contribution < 1.29 is 33.4 Å². The Bertz CT molecular complexity index is 2690. The standard InChI is InChI=1S/C42H50N12O7/c1-5-52-34-28(24(3)50-52)12-7-6-8-14-53-31(17-23(2)49-53)39(57)47-41-45-29-18-25(37(43)55)20-32(60-16-10-15-59-4)35(29)51(41)13-9-11-27-22-61-33-21-26(38(44)56)19-30-36(33)54(27)42(46-30)48-40(34)58/h17-21,27H,5-16,22H2,1-4H3,(H2,43,55)(H2,44,56)(H,45,47,57)(H,46,48,58)/t27-/m0/s1. The minimum absolute atomic E-state index is 0.203. The van der Waals surface area contributed by atoms with Gasteiger partial charge in [0.05, 0.1) is 35.1 Å². The summed E-state index contributed by atoms with van der Waals surface area (Å²) in [5.74, 6) is -0.664. The molecule has 320 valence electrons. The van der Waals surface area contributed by atoms with Crippen LogP contribution in [0.2, 0.25) is 0 Å². The van der Waals surface area contributed by atoms with E-state index < -0.39 is 17.7 Å². The van der Waals surface area contributed by atoms with Crippen LogP contribution in [-0.4, -0.2) is 89.2 Å². The molecule has 0 spiro atoms. The summed E-state index contributed by atoms with van der Waals surface area (Å²) in [6.07, 6.45) is 4.53. The summed E-state index contributed by atoms with van der Waals surface area (Å²) < 4.78 is 25.0. The van der Waals surface area contributed by atoms with Gasteiger partial charge >= 0.3 is 0 Å². The smallest absolute Gasteiger partial charge is 0.276 e. The highest BCUT2D eigenvalue weighted by Gasteiger charge is 2.31. The molecule has 6 heterocycles. The Labute approximate surface area is 350 Å². The third-order valence-corrected chi connectivity index (χ3v) is 11.2. The van der Waals surface area contributed by atoms with Crippen LogP contribution in [0.15, 0.2) is 30.3 Å². The summed E-state index contributed by atoms with van der Waals surface area (Å²) in [5, 5.41) is 15.5. The molecule has 2 aliphatic rings. The minimum atomic E-state index is -0.650. The number of benzene rings is 2. The van der Waals surface area contributed by atoms with Crippen LogP contribution in [0.5, 0.6) is 11.5 Å². The highest BCUT2D eigenvalue weighted by atomic mass is 16.5. The quantitative estimate of drug-likeness (QED) is 0.154. The lowest BCUT2D eigenvalue weighted by Crippen LogP contribution is -2.27. The fraction of sp³-hybridized carbons (Fsp3) is 0.429. The number of amides is 4. The maximum absolute atomic E-state index is 14.4. The van der Waals surface area contributed by atoms with Crippen molar-refractivity contribution in [1.82, 2.24) is 38.7 Å². The Morgan fingerprint density at radius 1 is 0.869 bits per heavy atom. The van der Waals surface area contributed by atoms with Gasteiger partial charge in [0, 0.05) is 56.5 Å². The number of anilines is 2. The maximum Gasteiger partial charge on any atom is 0.276 e. The Hall–Kier alpha value is -6.76. The molecule has 0 aliphatic carbocycles. The number of imidazole rings is 2. The van der Waals surface area contributed by atoms with E-state index in [2.05, 4.69) is 15.7 Å². The molecule has 1 atom stereocenters. The van der Waals surface area contributed by atoms with Crippen LogP contribution in [0.4, 0.5) is 11.9 Å². The molecule has 4 aromatic heterocycles. The molecule has 0 saturated carbocycles. The summed E-state index contributed by atoms with van der Waals surface area (Å²) in [6.45, 7) is 7.99. The summed E-state index contributed by atoms with van der Waals surface area (Å²) >= 11 is 0. The third-order valence-electron chi connectivity index (χ3n) is 11.2. The molecule has 2 aliphatic heterocycles. The minimum Gasteiger partial charge on any atom is -0.491 e. The highest BCUT2D eigenvalue weighted by Crippen LogP contribution is 2.39. The normalized spacial score (nSPS) is 16.2. The average molecular weight is 835 g/mol. The van der Waals surface area contributed by atoms with Gasteiger partial charge in [0.2, 0.25) is 23.7 Å². The zero-order valence-electron chi connectivity index (χ0n) is 34.7. The number of nitrogens with one attached hydrogen (secondary N) is 2. The molecule has 19 heteroatoms. The van der Waals surface area contributed by atoms with Crippen LogP contribution in [0.3, 0.4) is 0 Å². The number of primary amides is 2. The van der Waals surface area contributed by atoms with E-state index in [0.717, 1.165) is 30.5 Å². The summed E-state index contributed by atoms with van der Waals surface area (Å²) in [4.78, 5) is 63.1. The molecular formula is C42H50N12O7. The Kier molecular flexibility index (Phi) is 11.5. The predicted octanol–water partition coefficient (Wildman–Crippen LogP) is 4.67. The molecule has 0 radical (unpaired) electrons. The van der Waals surface area contributed by atoms with E-state index in [1.165, 1.54) is 0 Å². The Morgan fingerprint density at radius 3 is 2.36 bits per heavy atom. The van der Waals surface area contributed by atoms with Gasteiger partial charge < -0.3 is 34.8 Å². The zero-order valence-corrected chi connectivity index (χ0v) is 34.7. The van der Waals surface area contributed by atoms with Crippen LogP contribution < -0.4 is 31.6 Å². The van der Waals surface area contributed by atoms with E-state index in [9.17, 15) is 19.2 Å². The number of ether oxygens (including phenoxy) is 3. The Balaban J connectivity index is 1.23. The molecule has 8 rings (SSSR count). The zero-order chi connectivity index (χ0) is 42.9. The van der Waals surface area contributed by atoms with E-state index >= 15 is 0 Å². The second kappa shape index (κ2) is 17.1. The molecule has 4 amide bonds. The first-order chi connectivity index (χ1) is 29.4. The number of hydrogen-bond acceptors (Lipinski definition) is 11. The van der Waals surface area contributed by atoms with Crippen molar-refractivity contribution in [2.24, 2.45) is 11.5 Å². The lowest BCUT2D eigenvalue weighted by Gasteiger charge is -2.27. The molecule has 0 fully saturated rings. The lowest BCUT2D eigenvalue weighted by atomic mass is 10.0. The number of nitrogens with zero attached hydrogens (tertiary/aromatic N) is 8. The summed E-state index contributed by atoms with van der Waals surface area (Å²) in [7, 11) is 1.61. The molecule has 2 aromatic carbocycles. The molecule has 0 unspecified atom stereocenters. The highest BCUT2D eigenvalue weighted by molar-refractivity contribution is 6.06. The number of carbonyl (C=O) groups is 4. The number of hydrogen-bond donors (Lipinski definition) is 4. The summed E-state index contributed by atoms with van der Waals surface area (Å²) in [5.41, 5.74) is 17.1. The van der Waals surface area contributed by atoms with Gasteiger partial charge in [-0.05, 0) is 83.2 Å². The van der Waals surface area contributed by atoms with Gasteiger partial charge in [0.1, 0.15) is 40.5 Å². The van der Waals surface area contributed by atoms with E-state index in [4.69, 9.17) is 40.7 Å². The van der Waals surface area contributed by atoms with E-state index in [1.807, 2.05) is 29.9 Å². The number of carbonyl (C=O) groups excluding carboxylic acids is 4. The first kappa shape index (κ1) is 41.0. The van der Waals surface area contributed by atoms with E-state index in [1.54, 1.807) is 46.8 Å². The molecule has 6 N–H and O–H groups in total. The van der Waals surface area contributed by atoms with Crippen LogP contribution in [0.1, 0.15) is 110 Å². The first-order valence-corrected chi connectivity index (χ1v) is 20.6. The number of nitrogens with two attached hydrogens (primary N) is 2. The van der Waals surface area contributed by atoms with Crippen molar-refractivity contribution in [3.8, 4) is 11.5 Å². The third kappa shape index (κ3) is 7.99.